The number of amides is 2. The highest BCUT2D eigenvalue weighted by Gasteiger charge is 2.28. The summed E-state index contributed by atoms with van der Waals surface area (Å²) in [5, 5.41) is 11.9. The first kappa shape index (κ1) is 17.7. The van der Waals surface area contributed by atoms with Crippen LogP contribution in [-0.2, 0) is 4.79 Å². The van der Waals surface area contributed by atoms with Gasteiger partial charge in [-0.1, -0.05) is 22.9 Å². The highest BCUT2D eigenvalue weighted by Crippen LogP contribution is 2.23. The first-order chi connectivity index (χ1) is 10.9. The van der Waals surface area contributed by atoms with E-state index in [0.29, 0.717) is 42.4 Å². The Morgan fingerprint density at radius 2 is 2.04 bits per heavy atom. The van der Waals surface area contributed by atoms with Gasteiger partial charge in [0.25, 0.3) is 0 Å². The minimum Gasteiger partial charge on any atom is -0.481 e. The van der Waals surface area contributed by atoms with Crippen molar-refractivity contribution < 1.29 is 19.1 Å². The maximum absolute atomic E-state index is 13.5. The third-order valence-corrected chi connectivity index (χ3v) is 4.58. The number of hydrogen-bond donors (Lipinski definition) is 2. The number of halogens is 2. The largest absolute Gasteiger partial charge is 0.481 e. The van der Waals surface area contributed by atoms with E-state index in [2.05, 4.69) is 21.2 Å². The molecule has 1 fully saturated rings. The summed E-state index contributed by atoms with van der Waals surface area (Å²) < 4.78 is 14.2. The second-order valence-electron chi connectivity index (χ2n) is 5.71. The Balaban J connectivity index is 1.99. The van der Waals surface area contributed by atoms with Crippen LogP contribution in [0.3, 0.4) is 0 Å². The number of rotatable bonds is 4. The van der Waals surface area contributed by atoms with E-state index in [9.17, 15) is 14.0 Å². The van der Waals surface area contributed by atoms with Gasteiger partial charge in [0.2, 0.25) is 0 Å². The molecule has 126 valence electrons. The monoisotopic (exact) mass is 386 g/mol. The molecule has 0 bridgehead atoms. The SMILES string of the molecule is CCC(NC(=O)N1CCC(C(=O)O)CC1)c1cc(F)cc(Br)c1. The second-order valence-corrected chi connectivity index (χ2v) is 6.63. The van der Waals surface area contributed by atoms with E-state index in [1.807, 2.05) is 6.92 Å². The molecule has 1 aliphatic heterocycles. The number of aliphatic carboxylic acids is 1. The van der Waals surface area contributed by atoms with Crippen LogP contribution in [0, 0.1) is 11.7 Å². The number of carbonyl (C=O) groups is 2. The van der Waals surface area contributed by atoms with E-state index in [4.69, 9.17) is 5.11 Å². The van der Waals surface area contributed by atoms with Crippen molar-refractivity contribution in [2.45, 2.75) is 32.2 Å². The molecule has 0 aromatic heterocycles. The molecule has 1 heterocycles. The zero-order valence-electron chi connectivity index (χ0n) is 12.9. The number of hydrogen-bond acceptors (Lipinski definition) is 2. The van der Waals surface area contributed by atoms with Crippen LogP contribution in [0.5, 0.6) is 0 Å². The third-order valence-electron chi connectivity index (χ3n) is 4.12. The molecule has 2 rings (SSSR count). The molecular weight excluding hydrogens is 367 g/mol. The standard InChI is InChI=1S/C16H20BrFN2O3/c1-2-14(11-7-12(17)9-13(18)8-11)19-16(23)20-5-3-10(4-6-20)15(21)22/h7-10,14H,2-6H2,1H3,(H,19,23)(H,21,22). The van der Waals surface area contributed by atoms with Crippen molar-refractivity contribution in [2.75, 3.05) is 13.1 Å². The maximum Gasteiger partial charge on any atom is 0.317 e. The van der Waals surface area contributed by atoms with Gasteiger partial charge in [-0.05, 0) is 43.0 Å². The number of carboxylic acid groups (broad SMARTS) is 1. The minimum absolute atomic E-state index is 0.235. The lowest BCUT2D eigenvalue weighted by Crippen LogP contribution is -2.46. The molecule has 2 N–H and O–H groups in total. The number of benzene rings is 1. The molecule has 1 aromatic rings. The fraction of sp³-hybridized carbons (Fsp3) is 0.500. The maximum atomic E-state index is 13.5. The molecule has 1 atom stereocenters. The topological polar surface area (TPSA) is 69.6 Å². The summed E-state index contributed by atoms with van der Waals surface area (Å²) in [7, 11) is 0. The highest BCUT2D eigenvalue weighted by atomic mass is 79.9. The first-order valence-corrected chi connectivity index (χ1v) is 8.44. The molecule has 0 spiro atoms. The van der Waals surface area contributed by atoms with Crippen LogP contribution in [0.15, 0.2) is 22.7 Å². The van der Waals surface area contributed by atoms with Crippen molar-refractivity contribution in [1.29, 1.82) is 0 Å². The smallest absolute Gasteiger partial charge is 0.317 e. The van der Waals surface area contributed by atoms with Crippen LogP contribution >= 0.6 is 15.9 Å². The van der Waals surface area contributed by atoms with Crippen molar-refractivity contribution in [1.82, 2.24) is 10.2 Å². The summed E-state index contributed by atoms with van der Waals surface area (Å²) in [5.74, 6) is -1.54. The Morgan fingerprint density at radius 1 is 1.39 bits per heavy atom. The van der Waals surface area contributed by atoms with Gasteiger partial charge in [0, 0.05) is 17.6 Å². The summed E-state index contributed by atoms with van der Waals surface area (Å²) in [6.45, 7) is 2.76. The Morgan fingerprint density at radius 3 is 2.57 bits per heavy atom. The zero-order chi connectivity index (χ0) is 17.0. The van der Waals surface area contributed by atoms with E-state index >= 15 is 0 Å². The Hall–Kier alpha value is -1.63. The van der Waals surface area contributed by atoms with Gasteiger partial charge in [-0.3, -0.25) is 4.79 Å². The summed E-state index contributed by atoms with van der Waals surface area (Å²) in [5.41, 5.74) is 0.702. The molecule has 0 radical (unpaired) electrons. The van der Waals surface area contributed by atoms with Crippen LogP contribution in [-0.4, -0.2) is 35.1 Å². The summed E-state index contributed by atoms with van der Waals surface area (Å²) >= 11 is 3.25. The molecule has 0 aliphatic carbocycles. The van der Waals surface area contributed by atoms with Crippen LogP contribution in [0.1, 0.15) is 37.8 Å². The number of carboxylic acids is 1. The van der Waals surface area contributed by atoms with E-state index in [-0.39, 0.29) is 23.8 Å². The first-order valence-electron chi connectivity index (χ1n) is 7.65. The summed E-state index contributed by atoms with van der Waals surface area (Å²) in [6.07, 6.45) is 1.56. The molecule has 5 nitrogen and oxygen atoms in total. The lowest BCUT2D eigenvalue weighted by atomic mass is 9.97. The molecule has 0 saturated carbocycles. The van der Waals surface area contributed by atoms with Gasteiger partial charge in [0.15, 0.2) is 0 Å². The lowest BCUT2D eigenvalue weighted by Gasteiger charge is -2.31. The molecular formula is C16H20BrFN2O3. The van der Waals surface area contributed by atoms with Crippen molar-refractivity contribution in [2.24, 2.45) is 5.92 Å². The fourth-order valence-corrected chi connectivity index (χ4v) is 3.25. The molecule has 2 amide bonds. The third kappa shape index (κ3) is 4.67. The van der Waals surface area contributed by atoms with E-state index in [1.165, 1.54) is 12.1 Å². The van der Waals surface area contributed by atoms with E-state index < -0.39 is 5.97 Å². The van der Waals surface area contributed by atoms with Crippen LogP contribution in [0.2, 0.25) is 0 Å². The van der Waals surface area contributed by atoms with Gasteiger partial charge in [-0.15, -0.1) is 0 Å². The van der Waals surface area contributed by atoms with Gasteiger partial charge in [0.1, 0.15) is 5.82 Å². The number of carbonyl (C=O) groups excluding carboxylic acids is 1. The summed E-state index contributed by atoms with van der Waals surface area (Å²) in [6, 6.07) is 4.05. The van der Waals surface area contributed by atoms with Crippen LogP contribution in [0.25, 0.3) is 0 Å². The van der Waals surface area contributed by atoms with E-state index in [1.54, 1.807) is 11.0 Å². The predicted octanol–water partition coefficient (Wildman–Crippen LogP) is 3.55. The lowest BCUT2D eigenvalue weighted by molar-refractivity contribution is -0.143. The van der Waals surface area contributed by atoms with Crippen LogP contribution in [0.4, 0.5) is 9.18 Å². The predicted molar refractivity (Wildman–Crippen MR) is 87.6 cm³/mol. The quantitative estimate of drug-likeness (QED) is 0.830. The van der Waals surface area contributed by atoms with Gasteiger partial charge in [0.05, 0.1) is 12.0 Å². The van der Waals surface area contributed by atoms with Gasteiger partial charge >= 0.3 is 12.0 Å². The second kappa shape index (κ2) is 7.77. The zero-order valence-corrected chi connectivity index (χ0v) is 14.5. The number of urea groups is 1. The minimum atomic E-state index is -0.805. The van der Waals surface area contributed by atoms with Crippen molar-refractivity contribution in [3.63, 3.8) is 0 Å². The van der Waals surface area contributed by atoms with Gasteiger partial charge in [-0.25, -0.2) is 9.18 Å². The molecule has 1 aliphatic rings. The van der Waals surface area contributed by atoms with E-state index in [0.717, 1.165) is 0 Å². The molecule has 23 heavy (non-hydrogen) atoms. The molecule has 1 aromatic carbocycles. The normalized spacial score (nSPS) is 16.9. The van der Waals surface area contributed by atoms with Crippen LogP contribution < -0.4 is 5.32 Å². The average Bonchev–Trinajstić information content (AvgIpc) is 2.51. The average molecular weight is 387 g/mol. The highest BCUT2D eigenvalue weighted by molar-refractivity contribution is 9.10. The molecule has 1 saturated heterocycles. The number of piperidine rings is 1. The summed E-state index contributed by atoms with van der Waals surface area (Å²) in [4.78, 5) is 24.9. The fourth-order valence-electron chi connectivity index (χ4n) is 2.77. The number of likely N-dealkylation sites (tertiary alicyclic amines) is 1. The van der Waals surface area contributed by atoms with Gasteiger partial charge in [-0.2, -0.15) is 0 Å². The van der Waals surface area contributed by atoms with Gasteiger partial charge < -0.3 is 15.3 Å². The Bertz CT molecular complexity index is 568. The van der Waals surface area contributed by atoms with Crippen molar-refractivity contribution in [3.8, 4) is 0 Å². The van der Waals surface area contributed by atoms with Crippen molar-refractivity contribution in [3.05, 3.63) is 34.1 Å². The Labute approximate surface area is 143 Å². The Kier molecular flexibility index (Phi) is 5.98. The number of nitrogens with zero attached hydrogens (tertiary/aromatic N) is 1. The molecule has 1 unspecified atom stereocenters. The molecule has 7 heteroatoms. The number of nitrogens with one attached hydrogen (secondary N) is 1. The van der Waals surface area contributed by atoms with Crippen molar-refractivity contribution >= 4 is 27.9 Å².